The summed E-state index contributed by atoms with van der Waals surface area (Å²) in [5, 5.41) is 4.01. The Morgan fingerprint density at radius 3 is 2.48 bits per heavy atom. The van der Waals surface area contributed by atoms with E-state index < -0.39 is 0 Å². The molecule has 1 aromatic carbocycles. The highest BCUT2D eigenvalue weighted by Crippen LogP contribution is 2.26. The predicted octanol–water partition coefficient (Wildman–Crippen LogP) is 2.54. The second-order valence-corrected chi connectivity index (χ2v) is 7.75. The van der Waals surface area contributed by atoms with Crippen molar-refractivity contribution in [3.05, 3.63) is 28.8 Å². The lowest BCUT2D eigenvalue weighted by Gasteiger charge is -2.47. The number of hydrogen-bond donors (Lipinski definition) is 1. The van der Waals surface area contributed by atoms with Gasteiger partial charge in [0.2, 0.25) is 6.41 Å². The quantitative estimate of drug-likeness (QED) is 0.724. The lowest BCUT2D eigenvalue weighted by molar-refractivity contribution is -0.119. The van der Waals surface area contributed by atoms with Crippen LogP contribution >= 0.6 is 11.6 Å². The SMILES string of the molecule is CCN(CC)C(=O)c1ccc(NC2CN(C3CCN(C=O)CC3)C2)cc1Cl. The van der Waals surface area contributed by atoms with Crippen molar-refractivity contribution < 1.29 is 9.59 Å². The van der Waals surface area contributed by atoms with Gasteiger partial charge in [-0.25, -0.2) is 0 Å². The molecular weight excluding hydrogens is 364 g/mol. The van der Waals surface area contributed by atoms with Crippen molar-refractivity contribution in [2.24, 2.45) is 0 Å². The topological polar surface area (TPSA) is 55.9 Å². The van der Waals surface area contributed by atoms with Crippen molar-refractivity contribution in [3.63, 3.8) is 0 Å². The molecule has 0 aliphatic carbocycles. The van der Waals surface area contributed by atoms with Crippen LogP contribution in [0.15, 0.2) is 18.2 Å². The molecule has 7 heteroatoms. The maximum absolute atomic E-state index is 12.5. The third-order valence-corrected chi connectivity index (χ3v) is 6.01. The number of likely N-dealkylation sites (tertiary alicyclic amines) is 2. The van der Waals surface area contributed by atoms with Gasteiger partial charge in [0, 0.05) is 51.0 Å². The lowest BCUT2D eigenvalue weighted by atomic mass is 9.97. The van der Waals surface area contributed by atoms with E-state index in [0.717, 1.165) is 51.1 Å². The van der Waals surface area contributed by atoms with E-state index in [2.05, 4.69) is 10.2 Å². The Hall–Kier alpha value is -1.79. The molecule has 0 saturated carbocycles. The number of nitrogens with one attached hydrogen (secondary N) is 1. The van der Waals surface area contributed by atoms with Crippen LogP contribution in [0.25, 0.3) is 0 Å². The molecule has 2 aliphatic heterocycles. The van der Waals surface area contributed by atoms with Gasteiger partial charge in [0.05, 0.1) is 16.6 Å². The van der Waals surface area contributed by atoms with Crippen molar-refractivity contribution in [1.29, 1.82) is 0 Å². The Morgan fingerprint density at radius 1 is 1.26 bits per heavy atom. The number of amides is 2. The Kier molecular flexibility index (Phi) is 6.60. The van der Waals surface area contributed by atoms with Crippen LogP contribution in [0.1, 0.15) is 37.0 Å². The standard InChI is InChI=1S/C20H29ClN4O2/c1-3-24(4-2)20(27)18-6-5-15(11-19(18)21)22-16-12-25(13-16)17-7-9-23(14-26)10-8-17/h5-6,11,14,16-17,22H,3-4,7-10,12-13H2,1-2H3. The Morgan fingerprint density at radius 2 is 1.93 bits per heavy atom. The molecule has 0 bridgehead atoms. The minimum Gasteiger partial charge on any atom is -0.380 e. The summed E-state index contributed by atoms with van der Waals surface area (Å²) in [7, 11) is 0. The zero-order valence-electron chi connectivity index (χ0n) is 16.2. The van der Waals surface area contributed by atoms with E-state index in [4.69, 9.17) is 11.6 Å². The first kappa shape index (κ1) is 20.0. The molecule has 6 nitrogen and oxygen atoms in total. The number of benzene rings is 1. The number of rotatable bonds is 7. The fourth-order valence-electron chi connectivity index (χ4n) is 3.95. The third kappa shape index (κ3) is 4.55. The van der Waals surface area contributed by atoms with Gasteiger partial charge in [-0.2, -0.15) is 0 Å². The molecule has 0 spiro atoms. The first-order valence-electron chi connectivity index (χ1n) is 9.84. The number of anilines is 1. The first-order valence-corrected chi connectivity index (χ1v) is 10.2. The van der Waals surface area contributed by atoms with Gasteiger partial charge >= 0.3 is 0 Å². The fourth-order valence-corrected chi connectivity index (χ4v) is 4.22. The van der Waals surface area contributed by atoms with Crippen molar-refractivity contribution in [3.8, 4) is 0 Å². The van der Waals surface area contributed by atoms with Gasteiger partial charge in [-0.15, -0.1) is 0 Å². The van der Waals surface area contributed by atoms with Crippen LogP contribution in [-0.4, -0.2) is 78.4 Å². The van der Waals surface area contributed by atoms with E-state index >= 15 is 0 Å². The molecule has 2 fully saturated rings. The van der Waals surface area contributed by atoms with Gasteiger partial charge in [0.15, 0.2) is 0 Å². The molecule has 0 unspecified atom stereocenters. The van der Waals surface area contributed by atoms with Gasteiger partial charge in [-0.05, 0) is 44.9 Å². The Labute approximate surface area is 166 Å². The maximum Gasteiger partial charge on any atom is 0.255 e. The molecule has 0 atom stereocenters. The van der Waals surface area contributed by atoms with Gasteiger partial charge < -0.3 is 15.1 Å². The normalized spacial score (nSPS) is 18.9. The molecule has 148 valence electrons. The van der Waals surface area contributed by atoms with Crippen LogP contribution in [-0.2, 0) is 4.79 Å². The molecule has 1 aromatic rings. The van der Waals surface area contributed by atoms with Crippen LogP contribution in [0, 0.1) is 0 Å². The van der Waals surface area contributed by atoms with Crippen LogP contribution in [0.3, 0.4) is 0 Å². The second-order valence-electron chi connectivity index (χ2n) is 7.34. The summed E-state index contributed by atoms with van der Waals surface area (Å²) in [5.74, 6) is -0.0203. The number of piperidine rings is 1. The van der Waals surface area contributed by atoms with Crippen molar-refractivity contribution in [2.75, 3.05) is 44.6 Å². The van der Waals surface area contributed by atoms with Gasteiger partial charge in [-0.1, -0.05) is 11.6 Å². The van der Waals surface area contributed by atoms with E-state index in [0.29, 0.717) is 35.8 Å². The number of nitrogens with zero attached hydrogens (tertiary/aromatic N) is 3. The highest BCUT2D eigenvalue weighted by molar-refractivity contribution is 6.34. The van der Waals surface area contributed by atoms with E-state index in [-0.39, 0.29) is 5.91 Å². The minimum absolute atomic E-state index is 0.0203. The molecule has 2 heterocycles. The molecule has 1 N–H and O–H groups in total. The fraction of sp³-hybridized carbons (Fsp3) is 0.600. The van der Waals surface area contributed by atoms with Crippen LogP contribution in [0.4, 0.5) is 5.69 Å². The number of carbonyl (C=O) groups excluding carboxylic acids is 2. The van der Waals surface area contributed by atoms with Gasteiger partial charge in [-0.3, -0.25) is 14.5 Å². The first-order chi connectivity index (χ1) is 13.0. The lowest BCUT2D eigenvalue weighted by Crippen LogP contribution is -2.60. The largest absolute Gasteiger partial charge is 0.380 e. The summed E-state index contributed by atoms with van der Waals surface area (Å²) in [5.41, 5.74) is 1.51. The van der Waals surface area contributed by atoms with Gasteiger partial charge in [0.25, 0.3) is 5.91 Å². The summed E-state index contributed by atoms with van der Waals surface area (Å²) >= 11 is 6.37. The molecule has 0 aromatic heterocycles. The van der Waals surface area contributed by atoms with E-state index in [9.17, 15) is 9.59 Å². The monoisotopic (exact) mass is 392 g/mol. The van der Waals surface area contributed by atoms with Crippen LogP contribution < -0.4 is 5.32 Å². The van der Waals surface area contributed by atoms with Crippen molar-refractivity contribution in [1.82, 2.24) is 14.7 Å². The highest BCUT2D eigenvalue weighted by Gasteiger charge is 2.34. The van der Waals surface area contributed by atoms with E-state index in [1.165, 1.54) is 0 Å². The summed E-state index contributed by atoms with van der Waals surface area (Å²) in [6.07, 6.45) is 3.06. The summed E-state index contributed by atoms with van der Waals surface area (Å²) in [6, 6.07) is 6.58. The molecule has 0 radical (unpaired) electrons. The average molecular weight is 393 g/mol. The summed E-state index contributed by atoms with van der Waals surface area (Å²) in [4.78, 5) is 29.4. The molecular formula is C20H29ClN4O2. The molecule has 3 rings (SSSR count). The number of halogens is 1. The summed E-state index contributed by atoms with van der Waals surface area (Å²) < 4.78 is 0. The second kappa shape index (κ2) is 8.93. The molecule has 27 heavy (non-hydrogen) atoms. The molecule has 2 saturated heterocycles. The minimum atomic E-state index is -0.0203. The van der Waals surface area contributed by atoms with Crippen molar-refractivity contribution in [2.45, 2.75) is 38.8 Å². The third-order valence-electron chi connectivity index (χ3n) is 5.70. The molecule has 2 amide bonds. The van der Waals surface area contributed by atoms with Crippen molar-refractivity contribution >= 4 is 29.6 Å². The Bertz CT molecular complexity index is 666. The van der Waals surface area contributed by atoms with Crippen LogP contribution in [0.5, 0.6) is 0 Å². The maximum atomic E-state index is 12.5. The predicted molar refractivity (Wildman–Crippen MR) is 108 cm³/mol. The van der Waals surface area contributed by atoms with Crippen LogP contribution in [0.2, 0.25) is 5.02 Å². The zero-order valence-corrected chi connectivity index (χ0v) is 16.9. The smallest absolute Gasteiger partial charge is 0.255 e. The summed E-state index contributed by atoms with van der Waals surface area (Å²) in [6.45, 7) is 9.02. The van der Waals surface area contributed by atoms with E-state index in [1.54, 1.807) is 4.90 Å². The van der Waals surface area contributed by atoms with E-state index in [1.807, 2.05) is 36.9 Å². The zero-order chi connectivity index (χ0) is 19.4. The molecule has 2 aliphatic rings. The highest BCUT2D eigenvalue weighted by atomic mass is 35.5. The number of hydrogen-bond acceptors (Lipinski definition) is 4. The Balaban J connectivity index is 1.50. The number of carbonyl (C=O) groups is 2. The van der Waals surface area contributed by atoms with Gasteiger partial charge in [0.1, 0.15) is 0 Å². The average Bonchev–Trinajstić information content (AvgIpc) is 2.65.